The molecule has 1 aliphatic rings. The molecule has 9 heteroatoms. The number of hydrogen-bond donors (Lipinski definition) is 0. The van der Waals surface area contributed by atoms with Crippen molar-refractivity contribution in [3.8, 4) is 34.8 Å². The molecule has 0 radical (unpaired) electrons. The van der Waals surface area contributed by atoms with E-state index in [-0.39, 0.29) is 89.5 Å². The Hall–Kier alpha value is -6.64. The van der Waals surface area contributed by atoms with Gasteiger partial charge < -0.3 is 30.1 Å². The quantitative estimate of drug-likeness (QED) is 0.0514. The van der Waals surface area contributed by atoms with Crippen LogP contribution in [0.3, 0.4) is 0 Å². The number of rotatable bonds is 12. The summed E-state index contributed by atoms with van der Waals surface area (Å²) in [6.45, 7) is 0. The van der Waals surface area contributed by atoms with Crippen LogP contribution in [0.1, 0.15) is 33.4 Å². The summed E-state index contributed by atoms with van der Waals surface area (Å²) in [4.78, 5) is 0. The van der Waals surface area contributed by atoms with Crippen LogP contribution in [0.15, 0.2) is 320 Å². The van der Waals surface area contributed by atoms with Crippen molar-refractivity contribution < 1.29 is 93.9 Å². The van der Waals surface area contributed by atoms with Gasteiger partial charge in [-0.3, -0.25) is 23.7 Å². The van der Waals surface area contributed by atoms with Gasteiger partial charge in [0.15, 0.2) is 11.8 Å². The molecule has 0 unspecified atom stereocenters. The maximum Gasteiger partial charge on any atom is 1.00 e. The van der Waals surface area contributed by atoms with Gasteiger partial charge in [0.2, 0.25) is 0 Å². The molecule has 1 aliphatic carbocycles. The fourth-order valence-electron chi connectivity index (χ4n) is 11.3. The fourth-order valence-corrected chi connectivity index (χ4v) is 26.7. The van der Waals surface area contributed by atoms with Crippen LogP contribution in [0.4, 0.5) is 0 Å². The van der Waals surface area contributed by atoms with Gasteiger partial charge in [-0.15, -0.1) is 58.7 Å². The van der Waals surface area contributed by atoms with E-state index in [1.54, 1.807) is 12.1 Å². The van der Waals surface area contributed by atoms with Crippen LogP contribution in [0.25, 0.3) is 33.1 Å². The molecule has 12 aromatic carbocycles. The molecule has 0 saturated carbocycles. The second-order valence-corrected chi connectivity index (χ2v) is 32.4. The largest absolute Gasteiger partial charge is 1.00 e. The molecule has 0 aliphatic heterocycles. The molecule has 92 heavy (non-hydrogen) atoms. The predicted molar refractivity (Wildman–Crippen MR) is 385 cm³/mol. The first-order chi connectivity index (χ1) is 43.5. The second kappa shape index (κ2) is 37.3. The summed E-state index contributed by atoms with van der Waals surface area (Å²) in [5, 5.41) is 14.0. The van der Waals surface area contributed by atoms with Crippen molar-refractivity contribution in [1.29, 1.82) is 0 Å². The minimum absolute atomic E-state index is 0. The molecular formula is C83H62Au4OP4+4. The van der Waals surface area contributed by atoms with Crippen molar-refractivity contribution in [3.05, 3.63) is 375 Å². The summed E-state index contributed by atoms with van der Waals surface area (Å²) < 4.78 is 5.69. The van der Waals surface area contributed by atoms with E-state index in [4.69, 9.17) is 30.1 Å². The van der Waals surface area contributed by atoms with Crippen molar-refractivity contribution in [2.45, 2.75) is 6.42 Å². The Morgan fingerprint density at radius 2 is 0.467 bits per heavy atom. The van der Waals surface area contributed by atoms with E-state index >= 15 is 0 Å². The van der Waals surface area contributed by atoms with Crippen molar-refractivity contribution in [2.24, 2.45) is 0 Å². The van der Waals surface area contributed by atoms with Gasteiger partial charge in [0.05, 0.1) is 0 Å². The van der Waals surface area contributed by atoms with Crippen molar-refractivity contribution in [2.75, 3.05) is 11.8 Å². The zero-order chi connectivity index (χ0) is 60.3. The summed E-state index contributed by atoms with van der Waals surface area (Å²) >= 11 is 0. The molecule has 0 fully saturated rings. The Bertz CT molecular complexity index is 3970. The average molecular weight is 1990 g/mol. The van der Waals surface area contributed by atoms with Gasteiger partial charge in [-0.05, 0) is 115 Å². The molecule has 460 valence electrons. The third-order valence-electron chi connectivity index (χ3n) is 15.6. The smallest absolute Gasteiger partial charge is 0.459 e. The third kappa shape index (κ3) is 18.8. The van der Waals surface area contributed by atoms with E-state index < -0.39 is 31.7 Å². The molecule has 13 aromatic rings. The van der Waals surface area contributed by atoms with E-state index in [0.29, 0.717) is 11.1 Å². The zero-order valence-corrected chi connectivity index (χ0v) is 62.4. The SMILES string of the molecule is [Au+].[Au+].[Au+].[Au+].[C-]#Cc1ccc2c(c1)Cc1cc(C#[C-])ccc1-2.[C-]#Cc1ccc2c(c1)oc1cc(C#[C-])ccc12.c1ccc([PH+](C[PH+](c2ccccc2)c2ccccc2)c2ccccc2)cc1.c1ccc([PH+](C[PH+](c2ccccc2)c2ccccc2)c2ccccc2)cc1. The van der Waals surface area contributed by atoms with Gasteiger partial charge >= 0.3 is 89.5 Å². The normalized spacial score (nSPS) is 10.4. The number of benzene rings is 12. The Morgan fingerprint density at radius 1 is 0.261 bits per heavy atom. The minimum Gasteiger partial charge on any atom is -0.459 e. The van der Waals surface area contributed by atoms with Gasteiger partial charge in [0.1, 0.15) is 85.3 Å². The Morgan fingerprint density at radius 3 is 0.685 bits per heavy atom. The van der Waals surface area contributed by atoms with Crippen LogP contribution >= 0.6 is 31.7 Å². The molecule has 0 atom stereocenters. The zero-order valence-electron chi connectivity index (χ0n) is 49.8. The first-order valence-electron chi connectivity index (χ1n) is 29.3. The van der Waals surface area contributed by atoms with E-state index in [1.165, 1.54) is 76.5 Å². The van der Waals surface area contributed by atoms with E-state index in [2.05, 4.69) is 266 Å². The minimum atomic E-state index is -0.847. The predicted octanol–water partition coefficient (Wildman–Crippen LogP) is 15.9. The van der Waals surface area contributed by atoms with Gasteiger partial charge in [0, 0.05) is 10.8 Å². The molecule has 0 bridgehead atoms. The van der Waals surface area contributed by atoms with Gasteiger partial charge in [-0.2, -0.15) is 0 Å². The summed E-state index contributed by atoms with van der Waals surface area (Å²) in [5.41, 5.74) is 9.42. The Kier molecular flexibility index (Phi) is 29.5. The van der Waals surface area contributed by atoms with E-state index in [9.17, 15) is 0 Å². The number of hydrogen-bond acceptors (Lipinski definition) is 1. The molecule has 14 rings (SSSR count). The van der Waals surface area contributed by atoms with Crippen molar-refractivity contribution >= 4 is 96.1 Å². The summed E-state index contributed by atoms with van der Waals surface area (Å²) in [7, 11) is -3.39. The monoisotopic (exact) mass is 1990 g/mol. The molecule has 1 nitrogen and oxygen atoms in total. The Balaban J connectivity index is 0.000000175. The summed E-state index contributed by atoms with van der Waals surface area (Å²) in [6, 6.07) is 112. The van der Waals surface area contributed by atoms with Gasteiger partial charge in [-0.25, -0.2) is 0 Å². The van der Waals surface area contributed by atoms with E-state index in [1.807, 2.05) is 60.7 Å². The maximum atomic E-state index is 7.15. The first-order valence-corrected chi connectivity index (χ1v) is 36.1. The molecular weight excluding hydrogens is 1920 g/mol. The van der Waals surface area contributed by atoms with Crippen LogP contribution in [-0.2, 0) is 95.9 Å². The molecule has 0 amide bonds. The van der Waals surface area contributed by atoms with Crippen molar-refractivity contribution in [3.63, 3.8) is 0 Å². The molecule has 0 N–H and O–H groups in total. The van der Waals surface area contributed by atoms with Crippen LogP contribution in [0.2, 0.25) is 0 Å². The van der Waals surface area contributed by atoms with Crippen LogP contribution in [0.5, 0.6) is 0 Å². The standard InChI is InChI=1S/2C25H22P2.C17H8.C16H6O.4Au/c2*1-5-13-22(14-6-1)26(23-15-7-2-8-16-23)21-27(24-17-9-3-10-18-24)25-19-11-4-12-20-25;1-3-12-5-7-16-14(9-12)11-15-10-13(4-2)6-8-17(15)16;1-3-11-5-7-13-14-8-6-12(4-2)10-16(14)17-15(13)9-11;;;;/h2*1-20H,21H2;5-10H,11H2;5-10H;;;;/q;;2*-2;4*+1/p+4. The van der Waals surface area contributed by atoms with Crippen LogP contribution in [-0.4, -0.2) is 11.8 Å². The number of furan rings is 1. The number of fused-ring (bicyclic) bond motifs is 6. The molecule has 0 spiro atoms. The second-order valence-electron chi connectivity index (χ2n) is 21.1. The van der Waals surface area contributed by atoms with Crippen LogP contribution in [0, 0.1) is 49.4 Å². The first kappa shape index (κ1) is 72.8. The topological polar surface area (TPSA) is 13.1 Å². The van der Waals surface area contributed by atoms with Crippen LogP contribution < -0.4 is 42.4 Å². The molecule has 1 heterocycles. The van der Waals surface area contributed by atoms with Gasteiger partial charge in [-0.1, -0.05) is 193 Å². The third-order valence-corrected chi connectivity index (χ3v) is 29.5. The van der Waals surface area contributed by atoms with Gasteiger partial charge in [0.25, 0.3) is 0 Å². The Labute approximate surface area is 611 Å². The summed E-state index contributed by atoms with van der Waals surface area (Å²) in [5.74, 6) is 12.0. The fraction of sp³-hybridized carbons (Fsp3) is 0.0361. The van der Waals surface area contributed by atoms with E-state index in [0.717, 1.165) is 39.5 Å². The average Bonchev–Trinajstić information content (AvgIpc) is 1.76. The molecule has 0 saturated heterocycles. The van der Waals surface area contributed by atoms with Crippen molar-refractivity contribution in [1.82, 2.24) is 0 Å². The maximum absolute atomic E-state index is 7.15. The summed E-state index contributed by atoms with van der Waals surface area (Å²) in [6.07, 6.45) is 29.3. The molecule has 1 aromatic heterocycles.